The molecule has 0 amide bonds. The summed E-state index contributed by atoms with van der Waals surface area (Å²) in [5.41, 5.74) is 1.37. The van der Waals surface area contributed by atoms with Crippen molar-refractivity contribution in [2.24, 2.45) is 0 Å². The number of ether oxygens (including phenoxy) is 1. The van der Waals surface area contributed by atoms with Gasteiger partial charge in [0.15, 0.2) is 16.5 Å². The van der Waals surface area contributed by atoms with E-state index in [1.54, 1.807) is 6.20 Å². The number of H-pyrrole nitrogens is 1. The van der Waals surface area contributed by atoms with Gasteiger partial charge in [0.05, 0.1) is 12.3 Å². The van der Waals surface area contributed by atoms with Crippen LogP contribution in [0.4, 0.5) is 0 Å². The van der Waals surface area contributed by atoms with Crippen LogP contribution in [0.2, 0.25) is 0 Å². The Morgan fingerprint density at radius 3 is 2.90 bits per heavy atom. The number of nitrogens with zero attached hydrogens (tertiary/aromatic N) is 2. The maximum atomic E-state index is 12.2. The highest BCUT2D eigenvalue weighted by Crippen LogP contribution is 2.35. The topological polar surface area (TPSA) is 67.9 Å². The number of aromatic nitrogens is 3. The number of hydrogen-bond donors (Lipinski definition) is 1. The van der Waals surface area contributed by atoms with Crippen molar-refractivity contribution in [3.63, 3.8) is 0 Å². The van der Waals surface area contributed by atoms with Crippen molar-refractivity contribution in [1.82, 2.24) is 15.0 Å². The third-order valence-electron chi connectivity index (χ3n) is 3.85. The normalized spacial score (nSPS) is 16.0. The first kappa shape index (κ1) is 14.3. The number of nitrogens with one attached hydrogen (secondary N) is 1. The van der Waals surface area contributed by atoms with Crippen molar-refractivity contribution >= 4 is 17.3 Å². The molecule has 0 bridgehead atoms. The van der Waals surface area contributed by atoms with E-state index in [4.69, 9.17) is 4.74 Å². The molecule has 2 aromatic rings. The maximum absolute atomic E-state index is 12.2. The second-order valence-electron chi connectivity index (χ2n) is 5.24. The Balaban J connectivity index is 1.96. The van der Waals surface area contributed by atoms with Gasteiger partial charge in [-0.05, 0) is 19.8 Å². The smallest absolute Gasteiger partial charge is 0.358 e. The highest BCUT2D eigenvalue weighted by molar-refractivity contribution is 7.13. The van der Waals surface area contributed by atoms with Crippen molar-refractivity contribution in [2.75, 3.05) is 6.61 Å². The van der Waals surface area contributed by atoms with Crippen LogP contribution >= 0.6 is 11.3 Å². The molecule has 0 atom stereocenters. The summed E-state index contributed by atoms with van der Waals surface area (Å²) in [6.07, 6.45) is 7.64. The van der Waals surface area contributed by atoms with E-state index >= 15 is 0 Å². The Kier molecular flexibility index (Phi) is 4.34. The number of aromatic amines is 1. The third-order valence-corrected chi connectivity index (χ3v) is 4.63. The molecule has 6 heteroatoms. The molecule has 3 rings (SSSR count). The van der Waals surface area contributed by atoms with E-state index in [0.717, 1.165) is 23.5 Å². The van der Waals surface area contributed by atoms with E-state index < -0.39 is 0 Å². The van der Waals surface area contributed by atoms with Gasteiger partial charge in [0.25, 0.3) is 0 Å². The fourth-order valence-electron chi connectivity index (χ4n) is 2.87. The summed E-state index contributed by atoms with van der Waals surface area (Å²) in [7, 11) is 0. The monoisotopic (exact) mass is 305 g/mol. The number of carbonyl (C=O) groups excluding carboxylic acids is 1. The van der Waals surface area contributed by atoms with Crippen LogP contribution in [0.3, 0.4) is 0 Å². The lowest BCUT2D eigenvalue weighted by Crippen LogP contribution is -2.13. The molecule has 2 aromatic heterocycles. The molecule has 0 saturated heterocycles. The maximum Gasteiger partial charge on any atom is 0.358 e. The van der Waals surface area contributed by atoms with Crippen LogP contribution in [-0.4, -0.2) is 27.5 Å². The van der Waals surface area contributed by atoms with E-state index in [1.165, 1.54) is 30.6 Å². The van der Waals surface area contributed by atoms with E-state index in [0.29, 0.717) is 24.0 Å². The minimum absolute atomic E-state index is 0.336. The molecular formula is C15H19N3O2S. The number of rotatable bonds is 4. The molecular weight excluding hydrogens is 286 g/mol. The second-order valence-corrected chi connectivity index (χ2v) is 6.13. The fourth-order valence-corrected chi connectivity index (χ4v) is 3.45. The van der Waals surface area contributed by atoms with Crippen LogP contribution in [0.5, 0.6) is 0 Å². The molecule has 0 unspecified atom stereocenters. The average Bonchev–Trinajstić information content (AvgIpc) is 3.17. The Morgan fingerprint density at radius 1 is 1.43 bits per heavy atom. The van der Waals surface area contributed by atoms with Gasteiger partial charge < -0.3 is 9.72 Å². The third kappa shape index (κ3) is 3.00. The summed E-state index contributed by atoms with van der Waals surface area (Å²) in [4.78, 5) is 24.2. The molecule has 112 valence electrons. The summed E-state index contributed by atoms with van der Waals surface area (Å²) >= 11 is 1.51. The molecule has 0 spiro atoms. The first-order valence-electron chi connectivity index (χ1n) is 7.46. The Labute approximate surface area is 127 Å². The number of carbonyl (C=O) groups is 1. The minimum Gasteiger partial charge on any atom is -0.461 e. The number of imidazole rings is 1. The summed E-state index contributed by atoms with van der Waals surface area (Å²) in [6.45, 7) is 2.18. The van der Waals surface area contributed by atoms with Gasteiger partial charge in [-0.15, -0.1) is 11.3 Å². The van der Waals surface area contributed by atoms with Gasteiger partial charge in [0.1, 0.15) is 0 Å². The molecule has 0 aliphatic heterocycles. The molecule has 2 heterocycles. The molecule has 21 heavy (non-hydrogen) atoms. The molecule has 0 aromatic carbocycles. The fraction of sp³-hybridized carbons (Fsp3) is 0.533. The van der Waals surface area contributed by atoms with Crippen molar-refractivity contribution in [3.05, 3.63) is 23.0 Å². The number of esters is 1. The van der Waals surface area contributed by atoms with Crippen LogP contribution in [0.15, 0.2) is 11.6 Å². The minimum atomic E-state index is -0.336. The van der Waals surface area contributed by atoms with Crippen molar-refractivity contribution < 1.29 is 9.53 Å². The largest absolute Gasteiger partial charge is 0.461 e. The van der Waals surface area contributed by atoms with Gasteiger partial charge in [-0.25, -0.2) is 14.8 Å². The summed E-state index contributed by atoms with van der Waals surface area (Å²) < 4.78 is 5.15. The first-order valence-corrected chi connectivity index (χ1v) is 8.34. The number of hydrogen-bond acceptors (Lipinski definition) is 5. The highest BCUT2D eigenvalue weighted by atomic mass is 32.1. The summed E-state index contributed by atoms with van der Waals surface area (Å²) in [6, 6.07) is 0. The molecule has 5 nitrogen and oxygen atoms in total. The Bertz CT molecular complexity index is 600. The standard InChI is InChI=1S/C15H19N3O2S/c1-2-20-15(19)12-11(10-6-4-3-5-7-10)17-13(18-12)14-16-8-9-21-14/h8-10H,2-7H2,1H3,(H,17,18). The lowest BCUT2D eigenvalue weighted by atomic mass is 9.86. The average molecular weight is 305 g/mol. The molecule has 1 saturated carbocycles. The van der Waals surface area contributed by atoms with Crippen molar-refractivity contribution in [1.29, 1.82) is 0 Å². The second kappa shape index (κ2) is 6.39. The predicted molar refractivity (Wildman–Crippen MR) is 81.5 cm³/mol. The lowest BCUT2D eigenvalue weighted by Gasteiger charge is -2.20. The first-order chi connectivity index (χ1) is 10.3. The predicted octanol–water partition coefficient (Wildman–Crippen LogP) is 3.76. The van der Waals surface area contributed by atoms with E-state index in [2.05, 4.69) is 15.0 Å². The molecule has 1 aliphatic rings. The van der Waals surface area contributed by atoms with Crippen LogP contribution in [0.1, 0.15) is 61.1 Å². The molecule has 0 radical (unpaired) electrons. The van der Waals surface area contributed by atoms with Gasteiger partial charge in [-0.2, -0.15) is 0 Å². The molecule has 1 N–H and O–H groups in total. The van der Waals surface area contributed by atoms with Gasteiger partial charge in [-0.3, -0.25) is 0 Å². The highest BCUT2D eigenvalue weighted by Gasteiger charge is 2.27. The number of thiazole rings is 1. The lowest BCUT2D eigenvalue weighted by molar-refractivity contribution is 0.0518. The van der Waals surface area contributed by atoms with Crippen molar-refractivity contribution in [2.45, 2.75) is 44.9 Å². The van der Waals surface area contributed by atoms with Gasteiger partial charge in [-0.1, -0.05) is 19.3 Å². The SMILES string of the molecule is CCOC(=O)c1nc(-c2nccs2)[nH]c1C1CCCCC1. The van der Waals surface area contributed by atoms with Crippen LogP contribution in [0.25, 0.3) is 10.8 Å². The quantitative estimate of drug-likeness (QED) is 0.873. The van der Waals surface area contributed by atoms with Gasteiger partial charge in [0.2, 0.25) is 0 Å². The summed E-state index contributed by atoms with van der Waals surface area (Å²) in [5.74, 6) is 0.713. The molecule has 1 aliphatic carbocycles. The molecule has 1 fully saturated rings. The van der Waals surface area contributed by atoms with Crippen LogP contribution in [-0.2, 0) is 4.74 Å². The van der Waals surface area contributed by atoms with Gasteiger partial charge in [0, 0.05) is 17.5 Å². The zero-order valence-corrected chi connectivity index (χ0v) is 12.9. The van der Waals surface area contributed by atoms with Crippen molar-refractivity contribution in [3.8, 4) is 10.8 Å². The van der Waals surface area contributed by atoms with E-state index in [-0.39, 0.29) is 5.97 Å². The summed E-state index contributed by atoms with van der Waals surface area (Å²) in [5, 5.41) is 2.71. The van der Waals surface area contributed by atoms with E-state index in [1.807, 2.05) is 12.3 Å². The van der Waals surface area contributed by atoms with Gasteiger partial charge >= 0.3 is 5.97 Å². The Morgan fingerprint density at radius 2 is 2.24 bits per heavy atom. The zero-order chi connectivity index (χ0) is 14.7. The van der Waals surface area contributed by atoms with Crippen LogP contribution < -0.4 is 0 Å². The van der Waals surface area contributed by atoms with E-state index in [9.17, 15) is 4.79 Å². The van der Waals surface area contributed by atoms with Crippen LogP contribution in [0, 0.1) is 0 Å². The Hall–Kier alpha value is -1.69. The zero-order valence-electron chi connectivity index (χ0n) is 12.1.